The number of rotatable bonds is 3. The first-order valence-corrected chi connectivity index (χ1v) is 5.54. The first-order chi connectivity index (χ1) is 6.54. The lowest BCUT2D eigenvalue weighted by atomic mass is 11.5. The van der Waals surface area contributed by atoms with Crippen molar-refractivity contribution in [2.75, 3.05) is 0 Å². The summed E-state index contributed by atoms with van der Waals surface area (Å²) in [6.45, 7) is 0. The Morgan fingerprint density at radius 2 is 1.40 bits per heavy atom. The van der Waals surface area contributed by atoms with E-state index in [9.17, 15) is 9.13 Å². The van der Waals surface area contributed by atoms with E-state index in [4.69, 9.17) is 35.1 Å². The Bertz CT molecular complexity index is 273. The highest BCUT2D eigenvalue weighted by molar-refractivity contribution is 7.60. The van der Waals surface area contributed by atoms with Crippen LogP contribution >= 0.6 is 15.6 Å². The number of phosphoric acid groups is 2. The summed E-state index contributed by atoms with van der Waals surface area (Å²) in [4.78, 5) is 35.3. The van der Waals surface area contributed by atoms with Gasteiger partial charge in [0.15, 0.2) is 0 Å². The van der Waals surface area contributed by atoms with Crippen molar-refractivity contribution in [2.45, 2.75) is 0 Å². The van der Waals surface area contributed by atoms with E-state index in [1.165, 1.54) is 0 Å². The number of carboxylic acid groups (broad SMARTS) is 1. The summed E-state index contributed by atoms with van der Waals surface area (Å²) in [5, 5.41) is 21.8. The smallest absolute Gasteiger partial charge is 0.448 e. The third-order valence-corrected chi connectivity index (χ3v) is 2.27. The summed E-state index contributed by atoms with van der Waals surface area (Å²) in [6, 6.07) is 0. The number of hydrogen-bond donors (Lipinski definition) is 6. The van der Waals surface area contributed by atoms with E-state index in [0.29, 0.717) is 0 Å². The summed E-state index contributed by atoms with van der Waals surface area (Å²) in [5.41, 5.74) is 0. The Hall–Kier alpha value is -0.550. The molecule has 0 bridgehead atoms. The quantitative estimate of drug-likeness (QED) is 0.225. The van der Waals surface area contributed by atoms with Crippen LogP contribution in [0, 0.1) is 0 Å². The van der Waals surface area contributed by atoms with Gasteiger partial charge in [-0.2, -0.15) is 9.57 Å². The lowest BCUT2D eigenvalue weighted by Crippen LogP contribution is -1.91. The van der Waals surface area contributed by atoms with Gasteiger partial charge in [-0.05, 0) is 0 Å². The van der Waals surface area contributed by atoms with Crippen molar-refractivity contribution >= 4 is 21.8 Å². The molecule has 0 saturated heterocycles. The lowest BCUT2D eigenvalue weighted by molar-refractivity contribution is -0.194. The van der Waals surface area contributed by atoms with Crippen molar-refractivity contribution in [1.29, 1.82) is 0 Å². The number of hydrogen-bond acceptors (Lipinski definition) is 8. The molecule has 0 saturated carbocycles. The minimum Gasteiger partial charge on any atom is -0.448 e. The molecule has 14 heteroatoms. The largest absolute Gasteiger partial charge is 0.537 e. The minimum absolute atomic E-state index is 1.69. The molecule has 0 radical (unpaired) electrons. The van der Waals surface area contributed by atoms with Gasteiger partial charge in [0.2, 0.25) is 0 Å². The maximum atomic E-state index is 9.97. The molecular formula is CH6O12P2. The zero-order valence-corrected chi connectivity index (χ0v) is 8.32. The fourth-order valence-electron chi connectivity index (χ4n) is 0.149. The van der Waals surface area contributed by atoms with Crippen LogP contribution in [-0.2, 0) is 23.0 Å². The number of carbonyl (C=O) groups is 1. The molecule has 0 aliphatic heterocycles. The van der Waals surface area contributed by atoms with Gasteiger partial charge in [-0.3, -0.25) is 4.89 Å². The molecule has 1 atom stereocenters. The molecule has 0 aliphatic carbocycles. The van der Waals surface area contributed by atoms with E-state index in [0.717, 1.165) is 0 Å². The monoisotopic (exact) mass is 272 g/mol. The highest BCUT2D eigenvalue weighted by atomic mass is 31.3. The van der Waals surface area contributed by atoms with E-state index in [1.54, 1.807) is 0 Å². The molecule has 0 fully saturated rings. The molecule has 0 heterocycles. The average molecular weight is 272 g/mol. The molecule has 12 nitrogen and oxygen atoms in total. The Kier molecular flexibility index (Phi) is 7.70. The second-order valence-corrected chi connectivity index (χ2v) is 4.21. The lowest BCUT2D eigenvalue weighted by Gasteiger charge is -2.06. The zero-order valence-electron chi connectivity index (χ0n) is 6.53. The van der Waals surface area contributed by atoms with Crippen molar-refractivity contribution < 1.29 is 58.1 Å². The van der Waals surface area contributed by atoms with E-state index in [1.807, 2.05) is 0 Å². The standard InChI is InChI=1S/CH2O4.H4O8P2/c2-1(3)5-4;1-7-10(5,6)8-9(2,3)4/h4H,(H,2,3);1H,(H,5,6)(H2,2,3,4). The summed E-state index contributed by atoms with van der Waals surface area (Å²) in [7, 11) is -10.1. The fraction of sp³-hybridized carbons (Fsp3) is 0. The van der Waals surface area contributed by atoms with Crippen molar-refractivity contribution in [2.24, 2.45) is 0 Å². The summed E-state index contributed by atoms with van der Waals surface area (Å²) >= 11 is 0. The first kappa shape index (κ1) is 16.9. The normalized spacial score (nSPS) is 14.5. The first-order valence-electron chi connectivity index (χ1n) is 2.51. The van der Waals surface area contributed by atoms with Crippen LogP contribution in [0.3, 0.4) is 0 Å². The Balaban J connectivity index is 0. The van der Waals surface area contributed by atoms with E-state index < -0.39 is 21.8 Å². The molecule has 0 spiro atoms. The van der Waals surface area contributed by atoms with Crippen molar-refractivity contribution in [3.63, 3.8) is 0 Å². The topological polar surface area (TPSA) is 200 Å². The van der Waals surface area contributed by atoms with Crippen LogP contribution in [0.1, 0.15) is 0 Å². The Morgan fingerprint density at radius 3 is 1.47 bits per heavy atom. The maximum Gasteiger partial charge on any atom is 0.537 e. The SMILES string of the molecule is O=C(O)OO.O=P(O)(O)OP(=O)(O)OO. The highest BCUT2D eigenvalue weighted by Gasteiger charge is 2.32. The van der Waals surface area contributed by atoms with E-state index in [-0.39, 0.29) is 0 Å². The van der Waals surface area contributed by atoms with Crippen LogP contribution < -0.4 is 0 Å². The predicted octanol–water partition coefficient (Wildman–Crippen LogP) is -0.160. The fourth-order valence-corrected chi connectivity index (χ4v) is 1.34. The van der Waals surface area contributed by atoms with Gasteiger partial charge >= 0.3 is 21.8 Å². The molecule has 92 valence electrons. The Morgan fingerprint density at radius 1 is 1.07 bits per heavy atom. The third-order valence-electron chi connectivity index (χ3n) is 0.391. The van der Waals surface area contributed by atoms with Gasteiger partial charge in [-0.15, -0.1) is 4.67 Å². The molecule has 0 aromatic heterocycles. The van der Waals surface area contributed by atoms with Gasteiger partial charge < -0.3 is 19.8 Å². The molecule has 0 amide bonds. The summed E-state index contributed by atoms with van der Waals surface area (Å²) in [5.74, 6) is 0. The van der Waals surface area contributed by atoms with E-state index in [2.05, 4.69) is 13.9 Å². The van der Waals surface area contributed by atoms with Gasteiger partial charge in [0.05, 0.1) is 0 Å². The molecular weight excluding hydrogens is 266 g/mol. The second-order valence-electron chi connectivity index (χ2n) is 1.48. The van der Waals surface area contributed by atoms with Crippen LogP contribution in [-0.4, -0.2) is 36.5 Å². The van der Waals surface area contributed by atoms with Crippen LogP contribution in [0.25, 0.3) is 0 Å². The predicted molar refractivity (Wildman–Crippen MR) is 38.4 cm³/mol. The molecule has 0 aliphatic rings. The molecule has 0 aromatic carbocycles. The van der Waals surface area contributed by atoms with Crippen molar-refractivity contribution in [3.05, 3.63) is 0 Å². The summed E-state index contributed by atoms with van der Waals surface area (Å²) < 4.78 is 25.5. The van der Waals surface area contributed by atoms with Gasteiger partial charge in [0, 0.05) is 0 Å². The molecule has 15 heavy (non-hydrogen) atoms. The average Bonchev–Trinajstić information content (AvgIpc) is 2.01. The van der Waals surface area contributed by atoms with Gasteiger partial charge in [-0.25, -0.2) is 19.2 Å². The Labute approximate surface area is 81.0 Å². The van der Waals surface area contributed by atoms with Crippen LogP contribution in [0.2, 0.25) is 0 Å². The second kappa shape index (κ2) is 6.85. The molecule has 1 unspecified atom stereocenters. The van der Waals surface area contributed by atoms with Crippen molar-refractivity contribution in [3.8, 4) is 0 Å². The molecule has 6 N–H and O–H groups in total. The van der Waals surface area contributed by atoms with Gasteiger partial charge in [0.1, 0.15) is 0 Å². The zero-order chi connectivity index (χ0) is 12.7. The third kappa shape index (κ3) is 16.1. The molecule has 0 rings (SSSR count). The minimum atomic E-state index is -5.10. The van der Waals surface area contributed by atoms with Crippen LogP contribution in [0.4, 0.5) is 4.79 Å². The van der Waals surface area contributed by atoms with Gasteiger partial charge in [-0.1, -0.05) is 0 Å². The van der Waals surface area contributed by atoms with E-state index >= 15 is 0 Å². The maximum absolute atomic E-state index is 9.97. The summed E-state index contributed by atoms with van der Waals surface area (Å²) in [6.07, 6.45) is -1.69. The highest BCUT2D eigenvalue weighted by Crippen LogP contribution is 2.56. The van der Waals surface area contributed by atoms with Crippen LogP contribution in [0.5, 0.6) is 0 Å². The van der Waals surface area contributed by atoms with Crippen LogP contribution in [0.15, 0.2) is 0 Å². The van der Waals surface area contributed by atoms with Gasteiger partial charge in [0.25, 0.3) is 0 Å². The van der Waals surface area contributed by atoms with Crippen molar-refractivity contribution in [1.82, 2.24) is 0 Å². The molecule has 0 aromatic rings.